The third-order valence-electron chi connectivity index (χ3n) is 3.73. The Hall–Kier alpha value is -1.62. The molecule has 2 atom stereocenters. The highest BCUT2D eigenvalue weighted by atomic mass is 19.1. The minimum absolute atomic E-state index is 0.103. The van der Waals surface area contributed by atoms with E-state index in [9.17, 15) is 14.3 Å². The molecule has 0 aromatic heterocycles. The number of hydrogen-bond acceptors (Lipinski definition) is 3. The molecular weight excluding hydrogens is 285 g/mol. The maximum atomic E-state index is 13.5. The minimum Gasteiger partial charge on any atom is -0.444 e. The summed E-state index contributed by atoms with van der Waals surface area (Å²) in [4.78, 5) is 13.6. The first-order valence-corrected chi connectivity index (χ1v) is 7.59. The molecule has 1 amide bonds. The fourth-order valence-corrected chi connectivity index (χ4v) is 2.74. The van der Waals surface area contributed by atoms with E-state index in [1.54, 1.807) is 17.9 Å². The second-order valence-corrected chi connectivity index (χ2v) is 6.98. The fourth-order valence-electron chi connectivity index (χ4n) is 2.74. The number of ether oxygens (including phenoxy) is 1. The summed E-state index contributed by atoms with van der Waals surface area (Å²) in [6.45, 7) is 8.23. The van der Waals surface area contributed by atoms with Gasteiger partial charge in [0.15, 0.2) is 0 Å². The van der Waals surface area contributed by atoms with Crippen LogP contribution in [0.3, 0.4) is 0 Å². The quantitative estimate of drug-likeness (QED) is 0.910. The molecule has 2 rings (SSSR count). The highest BCUT2D eigenvalue weighted by Crippen LogP contribution is 2.31. The minimum atomic E-state index is -0.776. The van der Waals surface area contributed by atoms with E-state index >= 15 is 0 Å². The molecule has 0 bridgehead atoms. The summed E-state index contributed by atoms with van der Waals surface area (Å²) in [7, 11) is 0. The average Bonchev–Trinajstić information content (AvgIpc) is 2.84. The second kappa shape index (κ2) is 6.24. The normalized spacial score (nSPS) is 20.1. The van der Waals surface area contributed by atoms with Crippen LogP contribution in [-0.4, -0.2) is 34.8 Å². The van der Waals surface area contributed by atoms with Gasteiger partial charge < -0.3 is 14.7 Å². The lowest BCUT2D eigenvalue weighted by Crippen LogP contribution is -2.35. The number of carbonyl (C=O) groups excluding carboxylic acids is 1. The molecule has 1 aliphatic heterocycles. The van der Waals surface area contributed by atoms with E-state index < -0.39 is 11.7 Å². The van der Waals surface area contributed by atoms with Crippen molar-refractivity contribution in [3.05, 3.63) is 35.1 Å². The molecule has 1 fully saturated rings. The molecule has 2 unspecified atom stereocenters. The molecular formula is C17H24FNO3. The number of likely N-dealkylation sites (tertiary alicyclic amines) is 1. The number of amides is 1. The summed E-state index contributed by atoms with van der Waals surface area (Å²) in [5, 5.41) is 10.5. The lowest BCUT2D eigenvalue weighted by molar-refractivity contribution is 0.0268. The predicted octanol–water partition coefficient (Wildman–Crippen LogP) is 3.42. The van der Waals surface area contributed by atoms with Crippen LogP contribution in [0.15, 0.2) is 18.2 Å². The van der Waals surface area contributed by atoms with E-state index in [1.807, 2.05) is 20.8 Å². The molecule has 122 valence electrons. The maximum Gasteiger partial charge on any atom is 0.410 e. The maximum absolute atomic E-state index is 13.5. The van der Waals surface area contributed by atoms with Crippen molar-refractivity contribution in [2.75, 3.05) is 13.1 Å². The number of rotatable bonds is 2. The number of aliphatic hydroxyl groups excluding tert-OH is 1. The first-order chi connectivity index (χ1) is 10.2. The van der Waals surface area contributed by atoms with Crippen molar-refractivity contribution in [2.45, 2.75) is 45.8 Å². The van der Waals surface area contributed by atoms with Gasteiger partial charge in [-0.15, -0.1) is 0 Å². The van der Waals surface area contributed by atoms with Crippen molar-refractivity contribution in [2.24, 2.45) is 5.92 Å². The summed E-state index contributed by atoms with van der Waals surface area (Å²) < 4.78 is 18.8. The molecule has 1 saturated heterocycles. The number of halogens is 1. The lowest BCUT2D eigenvalue weighted by atomic mass is 9.94. The Morgan fingerprint density at radius 2 is 2.09 bits per heavy atom. The molecule has 1 N–H and O–H groups in total. The van der Waals surface area contributed by atoms with Crippen molar-refractivity contribution in [3.63, 3.8) is 0 Å². The number of nitrogens with zero attached hydrogens (tertiary/aromatic N) is 1. The Balaban J connectivity index is 2.02. The fraction of sp³-hybridized carbons (Fsp3) is 0.588. The van der Waals surface area contributed by atoms with Gasteiger partial charge in [-0.2, -0.15) is 0 Å². The molecule has 0 aliphatic carbocycles. The highest BCUT2D eigenvalue weighted by Gasteiger charge is 2.34. The van der Waals surface area contributed by atoms with E-state index in [0.29, 0.717) is 25.1 Å². The van der Waals surface area contributed by atoms with Gasteiger partial charge in [-0.25, -0.2) is 9.18 Å². The third-order valence-corrected chi connectivity index (χ3v) is 3.73. The van der Waals surface area contributed by atoms with Crippen molar-refractivity contribution in [1.29, 1.82) is 0 Å². The lowest BCUT2D eigenvalue weighted by Gasteiger charge is -2.25. The van der Waals surface area contributed by atoms with Crippen LogP contribution in [0.2, 0.25) is 0 Å². The van der Waals surface area contributed by atoms with Crippen molar-refractivity contribution < 1.29 is 19.0 Å². The van der Waals surface area contributed by atoms with Gasteiger partial charge in [0.25, 0.3) is 0 Å². The average molecular weight is 309 g/mol. The van der Waals surface area contributed by atoms with Gasteiger partial charge in [0, 0.05) is 19.0 Å². The Morgan fingerprint density at radius 1 is 1.41 bits per heavy atom. The summed E-state index contributed by atoms with van der Waals surface area (Å²) in [5.74, 6) is -0.454. The Morgan fingerprint density at radius 3 is 2.68 bits per heavy atom. The molecule has 0 radical (unpaired) electrons. The Bertz CT molecular complexity index is 533. The first-order valence-electron chi connectivity index (χ1n) is 7.59. The molecule has 22 heavy (non-hydrogen) atoms. The molecule has 1 heterocycles. The van der Waals surface area contributed by atoms with E-state index in [2.05, 4.69) is 0 Å². The largest absolute Gasteiger partial charge is 0.444 e. The van der Waals surface area contributed by atoms with Crippen LogP contribution in [0, 0.1) is 18.7 Å². The van der Waals surface area contributed by atoms with E-state index in [1.165, 1.54) is 12.1 Å². The molecule has 1 aliphatic rings. The molecule has 5 heteroatoms. The summed E-state index contributed by atoms with van der Waals surface area (Å²) in [5.41, 5.74) is 0.803. The molecule has 0 spiro atoms. The zero-order valence-corrected chi connectivity index (χ0v) is 13.6. The number of aliphatic hydroxyl groups is 1. The van der Waals surface area contributed by atoms with Gasteiger partial charge in [0.05, 0.1) is 6.10 Å². The van der Waals surface area contributed by atoms with Crippen molar-refractivity contribution >= 4 is 6.09 Å². The van der Waals surface area contributed by atoms with Crippen LogP contribution in [0.1, 0.15) is 44.4 Å². The van der Waals surface area contributed by atoms with Crippen LogP contribution in [0.25, 0.3) is 0 Å². The predicted molar refractivity (Wildman–Crippen MR) is 82.0 cm³/mol. The SMILES string of the molecule is Cc1cc(F)cc(C(O)C2CCN(C(=O)OC(C)(C)C)C2)c1. The standard InChI is InChI=1S/C17H24FNO3/c1-11-7-13(9-14(18)8-11)15(20)12-5-6-19(10-12)16(21)22-17(2,3)4/h7-9,12,15,20H,5-6,10H2,1-4H3. The summed E-state index contributed by atoms with van der Waals surface area (Å²) >= 11 is 0. The first kappa shape index (κ1) is 16.7. The van der Waals surface area contributed by atoms with Crippen molar-refractivity contribution in [1.82, 2.24) is 4.90 Å². The zero-order valence-electron chi connectivity index (χ0n) is 13.6. The Kier molecular flexibility index (Phi) is 4.75. The monoisotopic (exact) mass is 309 g/mol. The second-order valence-electron chi connectivity index (χ2n) is 6.98. The number of aryl methyl sites for hydroxylation is 1. The molecule has 0 saturated carbocycles. The molecule has 1 aromatic rings. The summed E-state index contributed by atoms with van der Waals surface area (Å²) in [6.07, 6.45) is -0.463. The van der Waals surface area contributed by atoms with Gasteiger partial charge in [-0.05, 0) is 57.4 Å². The molecule has 1 aromatic carbocycles. The van der Waals surface area contributed by atoms with Gasteiger partial charge in [-0.1, -0.05) is 6.07 Å². The van der Waals surface area contributed by atoms with Crippen LogP contribution >= 0.6 is 0 Å². The van der Waals surface area contributed by atoms with E-state index in [0.717, 1.165) is 5.56 Å². The van der Waals surface area contributed by atoms with Gasteiger partial charge in [0.2, 0.25) is 0 Å². The van der Waals surface area contributed by atoms with Gasteiger partial charge in [-0.3, -0.25) is 0 Å². The van der Waals surface area contributed by atoms with Crippen LogP contribution in [0.5, 0.6) is 0 Å². The van der Waals surface area contributed by atoms with E-state index in [4.69, 9.17) is 4.74 Å². The topological polar surface area (TPSA) is 49.8 Å². The van der Waals surface area contributed by atoms with Gasteiger partial charge in [0.1, 0.15) is 11.4 Å². The third kappa shape index (κ3) is 4.19. The zero-order chi connectivity index (χ0) is 16.5. The van der Waals surface area contributed by atoms with Crippen LogP contribution < -0.4 is 0 Å². The Labute approximate surface area is 130 Å². The van der Waals surface area contributed by atoms with Crippen LogP contribution in [-0.2, 0) is 4.74 Å². The van der Waals surface area contributed by atoms with E-state index in [-0.39, 0.29) is 17.8 Å². The molecule has 4 nitrogen and oxygen atoms in total. The highest BCUT2D eigenvalue weighted by molar-refractivity contribution is 5.68. The van der Waals surface area contributed by atoms with Crippen molar-refractivity contribution in [3.8, 4) is 0 Å². The number of hydrogen-bond donors (Lipinski definition) is 1. The smallest absolute Gasteiger partial charge is 0.410 e. The van der Waals surface area contributed by atoms with Crippen LogP contribution in [0.4, 0.5) is 9.18 Å². The number of carbonyl (C=O) groups is 1. The summed E-state index contributed by atoms with van der Waals surface area (Å²) in [6, 6.07) is 4.57. The number of benzene rings is 1. The van der Waals surface area contributed by atoms with Gasteiger partial charge >= 0.3 is 6.09 Å².